The molecule has 0 atom stereocenters. The highest BCUT2D eigenvalue weighted by Gasteiger charge is 2.19. The Morgan fingerprint density at radius 1 is 1.03 bits per heavy atom. The third kappa shape index (κ3) is 4.14. The molecule has 4 rings (SSSR count). The number of rotatable bonds is 6. The summed E-state index contributed by atoms with van der Waals surface area (Å²) in [5.41, 5.74) is 2.17. The molecule has 0 bridgehead atoms. The molecule has 0 saturated carbocycles. The standard InChI is InChI=1S/C24H23N3O5S/c1-14-5-7-18(15(2)11-14)27-23(29)22-19(9-10-33-22)26(24(27)30)13-21(28)25-17-12-16(31-3)6-8-20(17)32-4/h5-12H,13H2,1-4H3,(H,25,28). The summed E-state index contributed by atoms with van der Waals surface area (Å²) >= 11 is 1.24. The van der Waals surface area contributed by atoms with Crippen LogP contribution in [0.5, 0.6) is 11.5 Å². The molecule has 1 N–H and O–H groups in total. The Hall–Kier alpha value is -3.85. The minimum Gasteiger partial charge on any atom is -0.497 e. The number of carbonyl (C=O) groups is 1. The number of thiophene rings is 1. The molecule has 1 amide bonds. The lowest BCUT2D eigenvalue weighted by Gasteiger charge is -2.15. The van der Waals surface area contributed by atoms with E-state index in [4.69, 9.17) is 9.47 Å². The molecule has 0 unspecified atom stereocenters. The number of aromatic nitrogens is 2. The highest BCUT2D eigenvalue weighted by molar-refractivity contribution is 7.17. The van der Waals surface area contributed by atoms with Crippen molar-refractivity contribution in [2.75, 3.05) is 19.5 Å². The average Bonchev–Trinajstić information content (AvgIpc) is 3.28. The zero-order chi connectivity index (χ0) is 23.7. The molecule has 0 radical (unpaired) electrons. The van der Waals surface area contributed by atoms with E-state index in [2.05, 4.69) is 5.32 Å². The highest BCUT2D eigenvalue weighted by Crippen LogP contribution is 2.29. The summed E-state index contributed by atoms with van der Waals surface area (Å²) in [5.74, 6) is 0.561. The van der Waals surface area contributed by atoms with Gasteiger partial charge < -0.3 is 14.8 Å². The second-order valence-electron chi connectivity index (χ2n) is 7.55. The summed E-state index contributed by atoms with van der Waals surface area (Å²) in [4.78, 5) is 39.6. The number of hydrogen-bond acceptors (Lipinski definition) is 6. The summed E-state index contributed by atoms with van der Waals surface area (Å²) in [5, 5.41) is 4.51. The molecule has 2 heterocycles. The highest BCUT2D eigenvalue weighted by atomic mass is 32.1. The fourth-order valence-corrected chi connectivity index (χ4v) is 4.58. The molecule has 0 spiro atoms. The summed E-state index contributed by atoms with van der Waals surface area (Å²) in [6, 6.07) is 12.2. The summed E-state index contributed by atoms with van der Waals surface area (Å²) in [6.07, 6.45) is 0. The molecule has 2 aromatic carbocycles. The maximum absolute atomic E-state index is 13.5. The molecule has 0 fully saturated rings. The Kier molecular flexibility index (Phi) is 6.06. The first-order chi connectivity index (χ1) is 15.8. The number of benzene rings is 2. The lowest BCUT2D eigenvalue weighted by atomic mass is 10.1. The molecule has 4 aromatic rings. The zero-order valence-corrected chi connectivity index (χ0v) is 19.5. The van der Waals surface area contributed by atoms with Crippen molar-refractivity contribution in [3.63, 3.8) is 0 Å². The second-order valence-corrected chi connectivity index (χ2v) is 8.46. The number of nitrogens with one attached hydrogen (secondary N) is 1. The van der Waals surface area contributed by atoms with Gasteiger partial charge in [-0.25, -0.2) is 9.36 Å². The molecule has 0 aliphatic heterocycles. The first-order valence-electron chi connectivity index (χ1n) is 10.2. The molecule has 2 aromatic heterocycles. The van der Waals surface area contributed by atoms with Crippen molar-refractivity contribution in [2.24, 2.45) is 0 Å². The Morgan fingerprint density at radius 3 is 2.52 bits per heavy atom. The van der Waals surface area contributed by atoms with E-state index in [1.54, 1.807) is 35.7 Å². The normalized spacial score (nSPS) is 10.9. The average molecular weight is 466 g/mol. The van der Waals surface area contributed by atoms with Gasteiger partial charge in [0, 0.05) is 6.07 Å². The van der Waals surface area contributed by atoms with Crippen molar-refractivity contribution in [1.82, 2.24) is 9.13 Å². The smallest absolute Gasteiger partial charge is 0.336 e. The third-order valence-corrected chi connectivity index (χ3v) is 6.22. The molecule has 9 heteroatoms. The van der Waals surface area contributed by atoms with E-state index in [1.807, 2.05) is 26.0 Å². The molecule has 33 heavy (non-hydrogen) atoms. The fourth-order valence-electron chi connectivity index (χ4n) is 3.75. The molecular weight excluding hydrogens is 442 g/mol. The number of nitrogens with zero attached hydrogens (tertiary/aromatic N) is 2. The van der Waals surface area contributed by atoms with Gasteiger partial charge in [-0.1, -0.05) is 17.7 Å². The van der Waals surface area contributed by atoms with Crippen LogP contribution in [0.1, 0.15) is 11.1 Å². The van der Waals surface area contributed by atoms with Crippen molar-refractivity contribution in [3.05, 3.63) is 79.8 Å². The van der Waals surface area contributed by atoms with E-state index in [0.717, 1.165) is 15.7 Å². The third-order valence-electron chi connectivity index (χ3n) is 5.33. The van der Waals surface area contributed by atoms with Crippen LogP contribution in [0.2, 0.25) is 0 Å². The van der Waals surface area contributed by atoms with Gasteiger partial charge in [-0.2, -0.15) is 0 Å². The van der Waals surface area contributed by atoms with Gasteiger partial charge in [-0.15, -0.1) is 11.3 Å². The van der Waals surface area contributed by atoms with Gasteiger partial charge in [-0.05, 0) is 49.1 Å². The Labute approximate surface area is 193 Å². The molecule has 170 valence electrons. The van der Waals surface area contributed by atoms with Crippen molar-refractivity contribution < 1.29 is 14.3 Å². The van der Waals surface area contributed by atoms with Crippen molar-refractivity contribution in [1.29, 1.82) is 0 Å². The van der Waals surface area contributed by atoms with Crippen LogP contribution in [0.4, 0.5) is 5.69 Å². The Bertz CT molecular complexity index is 1480. The van der Waals surface area contributed by atoms with Crippen molar-refractivity contribution >= 4 is 33.1 Å². The summed E-state index contributed by atoms with van der Waals surface area (Å²) in [7, 11) is 3.02. The predicted molar refractivity (Wildman–Crippen MR) is 129 cm³/mol. The van der Waals surface area contributed by atoms with Crippen LogP contribution in [0.25, 0.3) is 15.9 Å². The Morgan fingerprint density at radius 2 is 1.82 bits per heavy atom. The van der Waals surface area contributed by atoms with Crippen molar-refractivity contribution in [3.8, 4) is 17.2 Å². The molecule has 0 aliphatic carbocycles. The minimum absolute atomic E-state index is 0.280. The van der Waals surface area contributed by atoms with Gasteiger partial charge in [-0.3, -0.25) is 14.2 Å². The van der Waals surface area contributed by atoms with E-state index < -0.39 is 17.2 Å². The van der Waals surface area contributed by atoms with Gasteiger partial charge in [0.2, 0.25) is 5.91 Å². The van der Waals surface area contributed by atoms with Gasteiger partial charge in [0.1, 0.15) is 22.7 Å². The quantitative estimate of drug-likeness (QED) is 0.471. The fraction of sp³-hybridized carbons (Fsp3) is 0.208. The monoisotopic (exact) mass is 465 g/mol. The van der Waals surface area contributed by atoms with E-state index in [9.17, 15) is 14.4 Å². The van der Waals surface area contributed by atoms with Crippen LogP contribution < -0.4 is 26.0 Å². The van der Waals surface area contributed by atoms with E-state index in [0.29, 0.717) is 33.1 Å². The number of carbonyl (C=O) groups excluding carboxylic acids is 1. The van der Waals surface area contributed by atoms with Crippen LogP contribution >= 0.6 is 11.3 Å². The van der Waals surface area contributed by atoms with E-state index >= 15 is 0 Å². The van der Waals surface area contributed by atoms with Gasteiger partial charge in [0.05, 0.1) is 31.1 Å². The van der Waals surface area contributed by atoms with Crippen LogP contribution in [0.3, 0.4) is 0 Å². The van der Waals surface area contributed by atoms with Gasteiger partial charge >= 0.3 is 5.69 Å². The zero-order valence-electron chi connectivity index (χ0n) is 18.7. The van der Waals surface area contributed by atoms with Crippen LogP contribution in [-0.4, -0.2) is 29.3 Å². The SMILES string of the molecule is COc1ccc(OC)c(NC(=O)Cn2c(=O)n(-c3ccc(C)cc3C)c(=O)c3sccc32)c1. The number of methoxy groups -OCH3 is 2. The topological polar surface area (TPSA) is 91.6 Å². The number of aryl methyl sites for hydroxylation is 2. The van der Waals surface area contributed by atoms with Crippen molar-refractivity contribution in [2.45, 2.75) is 20.4 Å². The number of anilines is 1. The number of amides is 1. The largest absolute Gasteiger partial charge is 0.497 e. The maximum Gasteiger partial charge on any atom is 0.336 e. The second kappa shape index (κ2) is 8.95. The lowest BCUT2D eigenvalue weighted by molar-refractivity contribution is -0.116. The lowest BCUT2D eigenvalue weighted by Crippen LogP contribution is -2.40. The first-order valence-corrected chi connectivity index (χ1v) is 11.0. The summed E-state index contributed by atoms with van der Waals surface area (Å²) < 4.78 is 13.4. The van der Waals surface area contributed by atoms with E-state index in [1.165, 1.54) is 30.1 Å². The van der Waals surface area contributed by atoms with Crippen LogP contribution in [-0.2, 0) is 11.3 Å². The van der Waals surface area contributed by atoms with E-state index in [-0.39, 0.29) is 6.54 Å². The first kappa shape index (κ1) is 22.3. The molecule has 0 aliphatic rings. The number of fused-ring (bicyclic) bond motifs is 1. The van der Waals surface area contributed by atoms with Gasteiger partial charge in [0.15, 0.2) is 0 Å². The molecule has 0 saturated heterocycles. The number of ether oxygens (including phenoxy) is 2. The Balaban J connectivity index is 1.79. The number of hydrogen-bond donors (Lipinski definition) is 1. The maximum atomic E-state index is 13.5. The summed E-state index contributed by atoms with van der Waals surface area (Å²) in [6.45, 7) is 3.51. The van der Waals surface area contributed by atoms with Crippen LogP contribution in [0, 0.1) is 13.8 Å². The predicted octanol–water partition coefficient (Wildman–Crippen LogP) is 3.49. The van der Waals surface area contributed by atoms with Crippen LogP contribution in [0.15, 0.2) is 57.4 Å². The molecular formula is C24H23N3O5S. The minimum atomic E-state index is -0.578. The molecule has 8 nitrogen and oxygen atoms in total. The van der Waals surface area contributed by atoms with Gasteiger partial charge in [0.25, 0.3) is 5.56 Å².